The second-order valence-corrected chi connectivity index (χ2v) is 4.78. The molecule has 0 aliphatic heterocycles. The number of aliphatic hydroxyl groups is 2. The third kappa shape index (κ3) is 1.16. The molecule has 0 saturated heterocycles. The van der Waals surface area contributed by atoms with Crippen LogP contribution in [-0.2, 0) is 0 Å². The topological polar surface area (TPSA) is 40.5 Å². The van der Waals surface area contributed by atoms with Gasteiger partial charge in [0.05, 0.1) is 12.2 Å². The standard InChI is InChI=1S/C11H18O2/c1-9-6-10(8-12)4-2-3-5-11(10,13)7-9/h12-13H,1-8H2/t10-,11-/m1/s1. The Morgan fingerprint density at radius 3 is 2.54 bits per heavy atom. The monoisotopic (exact) mass is 182 g/mol. The van der Waals surface area contributed by atoms with Crippen LogP contribution in [0.4, 0.5) is 0 Å². The van der Waals surface area contributed by atoms with E-state index >= 15 is 0 Å². The van der Waals surface area contributed by atoms with Crippen molar-refractivity contribution in [2.75, 3.05) is 6.61 Å². The highest BCUT2D eigenvalue weighted by Gasteiger charge is 2.55. The molecule has 2 N–H and O–H groups in total. The van der Waals surface area contributed by atoms with Gasteiger partial charge in [0.25, 0.3) is 0 Å². The molecule has 74 valence electrons. The highest BCUT2D eigenvalue weighted by molar-refractivity contribution is 5.20. The van der Waals surface area contributed by atoms with Gasteiger partial charge in [-0.3, -0.25) is 0 Å². The lowest BCUT2D eigenvalue weighted by Crippen LogP contribution is -2.48. The van der Waals surface area contributed by atoms with E-state index in [1.165, 1.54) is 0 Å². The third-order valence-electron chi connectivity index (χ3n) is 3.92. The van der Waals surface area contributed by atoms with Crippen LogP contribution < -0.4 is 0 Å². The SMILES string of the molecule is C=C1C[C@]2(O)CCCC[C@]2(CO)C1. The third-order valence-corrected chi connectivity index (χ3v) is 3.92. The van der Waals surface area contributed by atoms with E-state index in [2.05, 4.69) is 6.58 Å². The minimum Gasteiger partial charge on any atom is -0.396 e. The Kier molecular flexibility index (Phi) is 2.00. The quantitative estimate of drug-likeness (QED) is 0.605. The Morgan fingerprint density at radius 2 is 1.92 bits per heavy atom. The molecule has 2 aliphatic carbocycles. The molecule has 2 saturated carbocycles. The van der Waals surface area contributed by atoms with Crippen molar-refractivity contribution in [3.05, 3.63) is 12.2 Å². The van der Waals surface area contributed by atoms with Crippen LogP contribution >= 0.6 is 0 Å². The van der Waals surface area contributed by atoms with E-state index in [-0.39, 0.29) is 12.0 Å². The molecule has 2 fully saturated rings. The maximum absolute atomic E-state index is 10.4. The van der Waals surface area contributed by atoms with Gasteiger partial charge in [-0.05, 0) is 25.7 Å². The average molecular weight is 182 g/mol. The first-order valence-electron chi connectivity index (χ1n) is 5.12. The molecule has 0 amide bonds. The van der Waals surface area contributed by atoms with Crippen molar-refractivity contribution in [1.29, 1.82) is 0 Å². The van der Waals surface area contributed by atoms with E-state index in [9.17, 15) is 10.2 Å². The van der Waals surface area contributed by atoms with Crippen molar-refractivity contribution in [3.63, 3.8) is 0 Å². The summed E-state index contributed by atoms with van der Waals surface area (Å²) in [6, 6.07) is 0. The van der Waals surface area contributed by atoms with Crippen molar-refractivity contribution in [1.82, 2.24) is 0 Å². The minimum absolute atomic E-state index is 0.114. The molecular weight excluding hydrogens is 164 g/mol. The maximum Gasteiger partial charge on any atom is 0.0765 e. The van der Waals surface area contributed by atoms with Gasteiger partial charge in [0, 0.05) is 5.41 Å². The molecule has 2 nitrogen and oxygen atoms in total. The van der Waals surface area contributed by atoms with Crippen molar-refractivity contribution in [3.8, 4) is 0 Å². The van der Waals surface area contributed by atoms with Gasteiger partial charge in [0.1, 0.15) is 0 Å². The smallest absolute Gasteiger partial charge is 0.0765 e. The maximum atomic E-state index is 10.4. The van der Waals surface area contributed by atoms with Gasteiger partial charge in [0.15, 0.2) is 0 Å². The second kappa shape index (κ2) is 2.82. The summed E-state index contributed by atoms with van der Waals surface area (Å²) in [5.74, 6) is 0. The molecular formula is C11H18O2. The normalized spacial score (nSPS) is 44.9. The highest BCUT2D eigenvalue weighted by atomic mass is 16.3. The molecule has 2 rings (SSSR count). The molecule has 0 heterocycles. The zero-order valence-electron chi connectivity index (χ0n) is 8.05. The van der Waals surface area contributed by atoms with E-state index in [0.717, 1.165) is 37.7 Å². The van der Waals surface area contributed by atoms with Crippen molar-refractivity contribution in [2.45, 2.75) is 44.1 Å². The number of fused-ring (bicyclic) bond motifs is 1. The van der Waals surface area contributed by atoms with E-state index in [1.807, 2.05) is 0 Å². The predicted molar refractivity (Wildman–Crippen MR) is 51.3 cm³/mol. The summed E-state index contributed by atoms with van der Waals surface area (Å²) in [6.45, 7) is 4.06. The lowest BCUT2D eigenvalue weighted by molar-refractivity contribution is -0.114. The summed E-state index contributed by atoms with van der Waals surface area (Å²) in [5, 5.41) is 19.8. The van der Waals surface area contributed by atoms with Crippen LogP contribution in [0.3, 0.4) is 0 Å². The van der Waals surface area contributed by atoms with E-state index in [1.54, 1.807) is 0 Å². The van der Waals surface area contributed by atoms with Gasteiger partial charge in [0.2, 0.25) is 0 Å². The Bertz CT molecular complexity index is 236. The Balaban J connectivity index is 2.32. The molecule has 0 unspecified atom stereocenters. The van der Waals surface area contributed by atoms with Gasteiger partial charge < -0.3 is 10.2 Å². The van der Waals surface area contributed by atoms with E-state index in [4.69, 9.17) is 0 Å². The summed E-state index contributed by atoms with van der Waals surface area (Å²) >= 11 is 0. The predicted octanol–water partition coefficient (Wildman–Crippen LogP) is 1.62. The minimum atomic E-state index is -0.642. The zero-order chi connectivity index (χ0) is 9.53. The van der Waals surface area contributed by atoms with Crippen LogP contribution in [0.25, 0.3) is 0 Å². The largest absolute Gasteiger partial charge is 0.396 e. The fourth-order valence-electron chi connectivity index (χ4n) is 3.14. The fourth-order valence-corrected chi connectivity index (χ4v) is 3.14. The molecule has 0 bridgehead atoms. The van der Waals surface area contributed by atoms with Crippen LogP contribution in [0, 0.1) is 5.41 Å². The molecule has 13 heavy (non-hydrogen) atoms. The van der Waals surface area contributed by atoms with Crippen LogP contribution in [-0.4, -0.2) is 22.4 Å². The lowest BCUT2D eigenvalue weighted by atomic mass is 9.65. The number of hydrogen-bond acceptors (Lipinski definition) is 2. The molecule has 0 aromatic carbocycles. The molecule has 2 aliphatic rings. The summed E-state index contributed by atoms with van der Waals surface area (Å²) in [6.07, 6.45) is 5.54. The Morgan fingerprint density at radius 1 is 1.23 bits per heavy atom. The van der Waals surface area contributed by atoms with Crippen LogP contribution in [0.1, 0.15) is 38.5 Å². The average Bonchev–Trinajstić information content (AvgIpc) is 2.35. The molecule has 0 radical (unpaired) electrons. The highest BCUT2D eigenvalue weighted by Crippen LogP contribution is 2.56. The first-order chi connectivity index (χ1) is 6.12. The molecule has 0 aromatic rings. The summed E-state index contributed by atoms with van der Waals surface area (Å²) < 4.78 is 0. The van der Waals surface area contributed by atoms with Crippen molar-refractivity contribution >= 4 is 0 Å². The number of aliphatic hydroxyl groups excluding tert-OH is 1. The molecule has 0 aromatic heterocycles. The van der Waals surface area contributed by atoms with Gasteiger partial charge >= 0.3 is 0 Å². The molecule has 2 heteroatoms. The second-order valence-electron chi connectivity index (χ2n) is 4.78. The van der Waals surface area contributed by atoms with Crippen molar-refractivity contribution in [2.24, 2.45) is 5.41 Å². The fraction of sp³-hybridized carbons (Fsp3) is 0.818. The Labute approximate surface area is 79.3 Å². The van der Waals surface area contributed by atoms with Crippen LogP contribution in [0.5, 0.6) is 0 Å². The number of rotatable bonds is 1. The van der Waals surface area contributed by atoms with E-state index in [0.29, 0.717) is 6.42 Å². The van der Waals surface area contributed by atoms with Crippen molar-refractivity contribution < 1.29 is 10.2 Å². The van der Waals surface area contributed by atoms with Gasteiger partial charge in [-0.2, -0.15) is 0 Å². The summed E-state index contributed by atoms with van der Waals surface area (Å²) in [4.78, 5) is 0. The summed E-state index contributed by atoms with van der Waals surface area (Å²) in [7, 11) is 0. The van der Waals surface area contributed by atoms with Gasteiger partial charge in [-0.1, -0.05) is 25.0 Å². The Hall–Kier alpha value is -0.340. The molecule has 0 spiro atoms. The number of hydrogen-bond donors (Lipinski definition) is 2. The first-order valence-corrected chi connectivity index (χ1v) is 5.12. The summed E-state index contributed by atoms with van der Waals surface area (Å²) in [5.41, 5.74) is 0.220. The van der Waals surface area contributed by atoms with E-state index < -0.39 is 5.60 Å². The van der Waals surface area contributed by atoms with Crippen LogP contribution in [0.15, 0.2) is 12.2 Å². The lowest BCUT2D eigenvalue weighted by Gasteiger charge is -2.44. The van der Waals surface area contributed by atoms with Crippen LogP contribution in [0.2, 0.25) is 0 Å². The van der Waals surface area contributed by atoms with Gasteiger partial charge in [-0.25, -0.2) is 0 Å². The van der Waals surface area contributed by atoms with Gasteiger partial charge in [-0.15, -0.1) is 0 Å². The zero-order valence-corrected chi connectivity index (χ0v) is 8.05. The molecule has 2 atom stereocenters. The first kappa shape index (κ1) is 9.22.